The van der Waals surface area contributed by atoms with Crippen LogP contribution in [0.2, 0.25) is 0 Å². The van der Waals surface area contributed by atoms with E-state index >= 15 is 0 Å². The fourth-order valence-electron chi connectivity index (χ4n) is 1.10. The highest BCUT2D eigenvalue weighted by Crippen LogP contribution is 2.14. The molecule has 1 amide bonds. The number of carbonyl (C=O) groups is 1. The minimum absolute atomic E-state index is 0.000697. The Morgan fingerprint density at radius 1 is 1.71 bits per heavy atom. The number of amides is 1. The molecule has 0 aromatic heterocycles. The number of β-amino-alcohol motifs (C(OH)–C–C–N with tert-alkyl or cyclic N) is 1. The first-order valence-electron chi connectivity index (χ1n) is 6.16. The van der Waals surface area contributed by atoms with Gasteiger partial charge in [0.15, 0.2) is 0 Å². The van der Waals surface area contributed by atoms with Crippen molar-refractivity contribution in [3.05, 3.63) is 0 Å². The predicted octanol–water partition coefficient (Wildman–Crippen LogP) is 1.38. The average molecular weight is 204 g/mol. The van der Waals surface area contributed by atoms with Gasteiger partial charge in [-0.25, -0.2) is 4.79 Å². The third-order valence-corrected chi connectivity index (χ3v) is 1.67. The van der Waals surface area contributed by atoms with Crippen LogP contribution in [0.15, 0.2) is 0 Å². The number of rotatable bonds is 0. The molecule has 1 aliphatic rings. The first kappa shape index (κ1) is 7.51. The quantitative estimate of drug-likeness (QED) is 0.648. The Balaban J connectivity index is 2.81. The van der Waals surface area contributed by atoms with Crippen molar-refractivity contribution in [1.29, 1.82) is 0 Å². The number of hydrogen-bond donors (Lipinski definition) is 1. The summed E-state index contributed by atoms with van der Waals surface area (Å²) in [5, 5.41) is 9.57. The van der Waals surface area contributed by atoms with E-state index in [1.807, 2.05) is 0 Å². The first-order chi connectivity index (χ1) is 7.43. The van der Waals surface area contributed by atoms with E-state index in [2.05, 4.69) is 0 Å². The molecule has 0 aliphatic carbocycles. The number of nitrogens with zero attached hydrogens (tertiary/aromatic N) is 1. The molecule has 0 aromatic rings. The number of carbonyl (C=O) groups excluding carboxylic acids is 1. The molecule has 4 heteroatoms. The summed E-state index contributed by atoms with van der Waals surface area (Å²) in [6, 6.07) is 0. The van der Waals surface area contributed by atoms with Crippen LogP contribution in [-0.2, 0) is 4.74 Å². The van der Waals surface area contributed by atoms with E-state index in [9.17, 15) is 9.90 Å². The van der Waals surface area contributed by atoms with Crippen LogP contribution in [0, 0.1) is 0 Å². The Bertz CT molecular complexity index is 312. The molecule has 1 saturated heterocycles. The zero-order valence-corrected chi connectivity index (χ0v) is 8.83. The lowest BCUT2D eigenvalue weighted by Gasteiger charge is -2.32. The molecular formula is C10H19NO3. The van der Waals surface area contributed by atoms with Crippen LogP contribution in [0.4, 0.5) is 4.79 Å². The van der Waals surface area contributed by atoms with Crippen molar-refractivity contribution in [3.63, 3.8) is 0 Å². The van der Waals surface area contributed by atoms with Crippen molar-refractivity contribution < 1.29 is 18.8 Å². The topological polar surface area (TPSA) is 49.8 Å². The average Bonchev–Trinajstić information content (AvgIpc) is 2.07. The predicted molar refractivity (Wildman–Crippen MR) is 53.0 cm³/mol. The minimum Gasteiger partial charge on any atom is -0.444 e. The molecule has 0 unspecified atom stereocenters. The SMILES string of the molecule is [2H]C1([2H])CC[C@]([2H])(O)CN1C(=O)OC(C)(C)C. The normalized spacial score (nSPS) is 35.4. The van der Waals surface area contributed by atoms with Crippen LogP contribution < -0.4 is 0 Å². The van der Waals surface area contributed by atoms with Crippen LogP contribution in [0.3, 0.4) is 0 Å². The second-order valence-electron chi connectivity index (χ2n) is 4.29. The van der Waals surface area contributed by atoms with Crippen LogP contribution in [0.25, 0.3) is 0 Å². The number of ether oxygens (including phenoxy) is 1. The van der Waals surface area contributed by atoms with Gasteiger partial charge in [0.05, 0.1) is 7.45 Å². The molecule has 0 bridgehead atoms. The largest absolute Gasteiger partial charge is 0.444 e. The van der Waals surface area contributed by atoms with Gasteiger partial charge in [0.2, 0.25) is 0 Å². The zero-order valence-electron chi connectivity index (χ0n) is 11.8. The zero-order chi connectivity index (χ0) is 13.5. The molecule has 1 heterocycles. The monoisotopic (exact) mass is 204 g/mol. The van der Waals surface area contributed by atoms with Gasteiger partial charge in [-0.2, -0.15) is 0 Å². The van der Waals surface area contributed by atoms with Crippen molar-refractivity contribution in [2.45, 2.75) is 45.3 Å². The highest BCUT2D eigenvalue weighted by molar-refractivity contribution is 5.68. The number of hydrogen-bond acceptors (Lipinski definition) is 3. The molecule has 1 N–H and O–H groups in total. The van der Waals surface area contributed by atoms with Gasteiger partial charge in [0.1, 0.15) is 5.60 Å². The molecule has 0 aromatic carbocycles. The summed E-state index contributed by atoms with van der Waals surface area (Å²) in [5.74, 6) is 0. The van der Waals surface area contributed by atoms with E-state index in [1.165, 1.54) is 0 Å². The Morgan fingerprint density at radius 3 is 2.93 bits per heavy atom. The van der Waals surface area contributed by atoms with E-state index in [1.54, 1.807) is 20.8 Å². The van der Waals surface area contributed by atoms with Gasteiger partial charge in [0.25, 0.3) is 0 Å². The van der Waals surface area contributed by atoms with Crippen LogP contribution in [0.1, 0.15) is 37.7 Å². The fraction of sp³-hybridized carbons (Fsp3) is 0.900. The summed E-state index contributed by atoms with van der Waals surface area (Å²) in [7, 11) is 0. The summed E-state index contributed by atoms with van der Waals surface area (Å²) in [6.07, 6.45) is -2.72. The maximum Gasteiger partial charge on any atom is 0.410 e. The minimum atomic E-state index is -1.88. The Kier molecular flexibility index (Phi) is 2.24. The van der Waals surface area contributed by atoms with E-state index in [-0.39, 0.29) is 19.4 Å². The van der Waals surface area contributed by atoms with Gasteiger partial charge >= 0.3 is 6.09 Å². The molecule has 1 aliphatic heterocycles. The lowest BCUT2D eigenvalue weighted by molar-refractivity contribution is 0.00391. The van der Waals surface area contributed by atoms with Gasteiger partial charge in [-0.3, -0.25) is 0 Å². The number of piperidine rings is 1. The molecule has 1 rings (SSSR count). The number of aliphatic hydroxyl groups is 1. The molecule has 0 saturated carbocycles. The lowest BCUT2D eigenvalue weighted by Crippen LogP contribution is -2.44. The molecule has 1 atom stereocenters. The summed E-state index contributed by atoms with van der Waals surface area (Å²) in [6.45, 7) is 2.77. The van der Waals surface area contributed by atoms with Gasteiger partial charge in [-0.15, -0.1) is 0 Å². The van der Waals surface area contributed by atoms with E-state index in [0.717, 1.165) is 4.90 Å². The number of likely N-dealkylation sites (tertiary alicyclic amines) is 1. The lowest BCUT2D eigenvalue weighted by atomic mass is 10.1. The van der Waals surface area contributed by atoms with Crippen LogP contribution in [0.5, 0.6) is 0 Å². The van der Waals surface area contributed by atoms with Crippen molar-refractivity contribution in [2.24, 2.45) is 0 Å². The molecule has 0 spiro atoms. The third kappa shape index (κ3) is 3.54. The molecular weight excluding hydrogens is 182 g/mol. The van der Waals surface area contributed by atoms with Gasteiger partial charge in [-0.05, 0) is 33.6 Å². The third-order valence-electron chi connectivity index (χ3n) is 1.67. The molecule has 4 nitrogen and oxygen atoms in total. The van der Waals surface area contributed by atoms with Crippen molar-refractivity contribution >= 4 is 6.09 Å². The highest BCUT2D eigenvalue weighted by Gasteiger charge is 2.26. The fourth-order valence-corrected chi connectivity index (χ4v) is 1.10. The first-order valence-corrected chi connectivity index (χ1v) is 4.66. The van der Waals surface area contributed by atoms with Crippen LogP contribution in [-0.4, -0.2) is 40.8 Å². The van der Waals surface area contributed by atoms with Crippen molar-refractivity contribution in [2.75, 3.05) is 13.0 Å². The maximum atomic E-state index is 11.8. The summed E-state index contributed by atoms with van der Waals surface area (Å²) < 4.78 is 27.9. The van der Waals surface area contributed by atoms with E-state index in [4.69, 9.17) is 8.85 Å². The Morgan fingerprint density at radius 2 is 2.36 bits per heavy atom. The van der Waals surface area contributed by atoms with Crippen molar-refractivity contribution in [3.8, 4) is 0 Å². The highest BCUT2D eigenvalue weighted by atomic mass is 16.6. The summed E-state index contributed by atoms with van der Waals surface area (Å²) in [5.41, 5.74) is -0.731. The second kappa shape index (κ2) is 4.17. The van der Waals surface area contributed by atoms with Crippen LogP contribution >= 0.6 is 0 Å². The second-order valence-corrected chi connectivity index (χ2v) is 4.29. The van der Waals surface area contributed by atoms with E-state index < -0.39 is 24.3 Å². The van der Waals surface area contributed by atoms with Gasteiger partial charge in [-0.1, -0.05) is 0 Å². The molecule has 14 heavy (non-hydrogen) atoms. The van der Waals surface area contributed by atoms with E-state index in [0.29, 0.717) is 0 Å². The summed E-state index contributed by atoms with van der Waals surface area (Å²) >= 11 is 0. The van der Waals surface area contributed by atoms with Gasteiger partial charge < -0.3 is 14.7 Å². The molecule has 0 radical (unpaired) electrons. The molecule has 82 valence electrons. The Hall–Kier alpha value is -0.770. The smallest absolute Gasteiger partial charge is 0.410 e. The Labute approximate surface area is 89.1 Å². The standard InChI is InChI=1S/C10H19NO3/c1-10(2,3)14-9(13)11-6-4-5-8(12)7-11/h8,12H,4-7H2,1-3H3/t8-/m0/s1/i6D2,8D. The molecule has 1 fully saturated rings. The summed E-state index contributed by atoms with van der Waals surface area (Å²) in [4.78, 5) is 12.6. The maximum absolute atomic E-state index is 11.8. The van der Waals surface area contributed by atoms with Crippen molar-refractivity contribution in [1.82, 2.24) is 4.90 Å². The van der Waals surface area contributed by atoms with Gasteiger partial charge in [0, 0.05) is 15.8 Å².